The van der Waals surface area contributed by atoms with E-state index < -0.39 is 16.7 Å². The maximum atomic E-state index is 11.9. The molecule has 0 fully saturated rings. The summed E-state index contributed by atoms with van der Waals surface area (Å²) >= 11 is -2.96. The first-order valence-electron chi connectivity index (χ1n) is 3.25. The third kappa shape index (κ3) is 2.53. The Morgan fingerprint density at radius 3 is 2.00 bits per heavy atom. The van der Waals surface area contributed by atoms with Crippen LogP contribution >= 0.6 is 0 Å². The molecule has 0 saturated heterocycles. The van der Waals surface area contributed by atoms with Crippen LogP contribution in [0.5, 0.6) is 0 Å². The highest BCUT2D eigenvalue weighted by molar-refractivity contribution is 7.92. The number of halogens is 3. The molecule has 2 N–H and O–H groups in total. The number of nitrogen functional groups attached to an aromatic ring is 1. The van der Waals surface area contributed by atoms with Crippen molar-refractivity contribution >= 4 is 16.9 Å². The van der Waals surface area contributed by atoms with E-state index in [0.717, 1.165) is 12.1 Å². The second-order valence-electron chi connectivity index (χ2n) is 2.28. The maximum absolute atomic E-state index is 11.9. The van der Waals surface area contributed by atoms with Crippen molar-refractivity contribution in [2.75, 3.05) is 5.73 Å². The van der Waals surface area contributed by atoms with Crippen LogP contribution in [0.4, 0.5) is 18.9 Å². The number of benzene rings is 1. The number of hydrogen-bond acceptors (Lipinski definition) is 2. The summed E-state index contributed by atoms with van der Waals surface area (Å²) < 4.78 is 46.4. The molecule has 1 atom stereocenters. The molecule has 13 heavy (non-hydrogen) atoms. The quantitative estimate of drug-likeness (QED) is 0.567. The fourth-order valence-electron chi connectivity index (χ4n) is 0.725. The molecule has 1 rings (SSSR count). The Kier molecular flexibility index (Phi) is 2.72. The Balaban J connectivity index is 2.90. The molecule has 0 amide bonds. The van der Waals surface area contributed by atoms with Crippen LogP contribution < -0.4 is 5.73 Å². The molecular formula is C7H6F3NOS. The summed E-state index contributed by atoms with van der Waals surface area (Å²) in [5, 5.41) is 0. The van der Waals surface area contributed by atoms with Crippen molar-refractivity contribution in [3.63, 3.8) is 0 Å². The standard InChI is InChI=1S/C7H6F3NOS/c8-7(9,10)13(12)6-3-1-5(11)2-4-6/h1-4H,11H2. The van der Waals surface area contributed by atoms with E-state index in [-0.39, 0.29) is 4.90 Å². The van der Waals surface area contributed by atoms with Crippen molar-refractivity contribution < 1.29 is 17.7 Å². The summed E-state index contributed by atoms with van der Waals surface area (Å²) in [5.74, 6) is 0. The van der Waals surface area contributed by atoms with Crippen LogP contribution in [0.15, 0.2) is 29.2 Å². The van der Waals surface area contributed by atoms with Gasteiger partial charge in [-0.1, -0.05) is 0 Å². The van der Waals surface area contributed by atoms with Gasteiger partial charge in [0, 0.05) is 5.69 Å². The lowest BCUT2D eigenvalue weighted by molar-refractivity contribution is -0.0435. The molecule has 0 heterocycles. The van der Waals surface area contributed by atoms with Gasteiger partial charge in [0.2, 0.25) is 0 Å². The summed E-state index contributed by atoms with van der Waals surface area (Å²) in [5.41, 5.74) is 0.880. The molecule has 6 heteroatoms. The maximum Gasteiger partial charge on any atom is 0.578 e. The SMILES string of the molecule is Nc1ccc([S+]([O-])C(F)(F)F)cc1. The highest BCUT2D eigenvalue weighted by Crippen LogP contribution is 2.30. The normalized spacial score (nSPS) is 14.2. The van der Waals surface area contributed by atoms with Crippen molar-refractivity contribution in [3.05, 3.63) is 24.3 Å². The van der Waals surface area contributed by atoms with E-state index in [4.69, 9.17) is 5.73 Å². The molecule has 0 bridgehead atoms. The monoisotopic (exact) mass is 209 g/mol. The van der Waals surface area contributed by atoms with E-state index >= 15 is 0 Å². The van der Waals surface area contributed by atoms with Crippen molar-refractivity contribution in [1.82, 2.24) is 0 Å². The van der Waals surface area contributed by atoms with Crippen LogP contribution in [-0.4, -0.2) is 10.1 Å². The van der Waals surface area contributed by atoms with Crippen LogP contribution in [0.3, 0.4) is 0 Å². The first-order valence-corrected chi connectivity index (χ1v) is 4.40. The third-order valence-corrected chi connectivity index (χ3v) is 2.43. The van der Waals surface area contributed by atoms with Gasteiger partial charge >= 0.3 is 5.51 Å². The van der Waals surface area contributed by atoms with Gasteiger partial charge in [0.25, 0.3) is 0 Å². The predicted octanol–water partition coefficient (Wildman–Crippen LogP) is 1.90. The van der Waals surface area contributed by atoms with E-state index in [0.29, 0.717) is 5.69 Å². The van der Waals surface area contributed by atoms with Gasteiger partial charge in [0.1, 0.15) is 0 Å². The van der Waals surface area contributed by atoms with Crippen LogP contribution in [-0.2, 0) is 11.2 Å². The molecule has 1 aromatic rings. The fraction of sp³-hybridized carbons (Fsp3) is 0.143. The van der Waals surface area contributed by atoms with Crippen LogP contribution in [0.2, 0.25) is 0 Å². The summed E-state index contributed by atoms with van der Waals surface area (Å²) in [4.78, 5) is -0.290. The number of anilines is 1. The van der Waals surface area contributed by atoms with Crippen molar-refractivity contribution in [3.8, 4) is 0 Å². The molecule has 0 aliphatic carbocycles. The largest absolute Gasteiger partial charge is 0.604 e. The predicted molar refractivity (Wildman–Crippen MR) is 43.3 cm³/mol. The molecule has 0 aromatic heterocycles. The molecule has 0 aliphatic heterocycles. The molecular weight excluding hydrogens is 203 g/mol. The van der Waals surface area contributed by atoms with Gasteiger partial charge in [0.15, 0.2) is 4.90 Å². The van der Waals surface area contributed by atoms with Gasteiger partial charge in [-0.3, -0.25) is 0 Å². The second-order valence-corrected chi connectivity index (χ2v) is 3.76. The van der Waals surface area contributed by atoms with Crippen LogP contribution in [0.1, 0.15) is 0 Å². The molecule has 72 valence electrons. The van der Waals surface area contributed by atoms with Gasteiger partial charge in [-0.05, 0) is 24.3 Å². The smallest absolute Gasteiger partial charge is 0.578 e. The zero-order valence-corrected chi connectivity index (χ0v) is 7.15. The minimum Gasteiger partial charge on any atom is -0.604 e. The number of alkyl halides is 3. The fourth-order valence-corrected chi connectivity index (χ4v) is 1.38. The summed E-state index contributed by atoms with van der Waals surface area (Å²) in [6, 6.07) is 4.75. The van der Waals surface area contributed by atoms with Gasteiger partial charge < -0.3 is 10.3 Å². The van der Waals surface area contributed by atoms with Crippen LogP contribution in [0, 0.1) is 0 Å². The van der Waals surface area contributed by atoms with E-state index in [1.165, 1.54) is 12.1 Å². The van der Waals surface area contributed by atoms with E-state index in [1.54, 1.807) is 0 Å². The lowest BCUT2D eigenvalue weighted by Crippen LogP contribution is -2.23. The molecule has 0 spiro atoms. The Bertz CT molecular complexity index is 285. The molecule has 1 aromatic carbocycles. The van der Waals surface area contributed by atoms with Gasteiger partial charge in [-0.15, -0.1) is 13.2 Å². The lowest BCUT2D eigenvalue weighted by atomic mass is 10.3. The summed E-state index contributed by atoms with van der Waals surface area (Å²) in [6.07, 6.45) is 0. The Labute approximate surface area is 75.7 Å². The Morgan fingerprint density at radius 2 is 1.62 bits per heavy atom. The minimum absolute atomic E-state index is 0.290. The van der Waals surface area contributed by atoms with Crippen molar-refractivity contribution in [2.45, 2.75) is 10.4 Å². The average Bonchev–Trinajstić information content (AvgIpc) is 2.03. The lowest BCUT2D eigenvalue weighted by Gasteiger charge is -2.11. The number of rotatable bonds is 1. The highest BCUT2D eigenvalue weighted by atomic mass is 32.2. The molecule has 0 aliphatic rings. The van der Waals surface area contributed by atoms with Gasteiger partial charge in [-0.2, -0.15) is 0 Å². The Hall–Kier alpha value is -0.880. The zero-order chi connectivity index (χ0) is 10.1. The summed E-state index contributed by atoms with van der Waals surface area (Å²) in [6.45, 7) is 0. The highest BCUT2D eigenvalue weighted by Gasteiger charge is 2.45. The summed E-state index contributed by atoms with van der Waals surface area (Å²) in [7, 11) is 0. The third-order valence-electron chi connectivity index (χ3n) is 1.30. The number of hydrogen-bond donors (Lipinski definition) is 1. The first kappa shape index (κ1) is 10.2. The van der Waals surface area contributed by atoms with Gasteiger partial charge in [-0.25, -0.2) is 0 Å². The van der Waals surface area contributed by atoms with E-state index in [1.807, 2.05) is 0 Å². The van der Waals surface area contributed by atoms with Crippen molar-refractivity contribution in [2.24, 2.45) is 0 Å². The minimum atomic E-state index is -4.71. The van der Waals surface area contributed by atoms with E-state index in [9.17, 15) is 17.7 Å². The van der Waals surface area contributed by atoms with Crippen molar-refractivity contribution in [1.29, 1.82) is 0 Å². The molecule has 0 saturated carbocycles. The van der Waals surface area contributed by atoms with E-state index in [2.05, 4.69) is 0 Å². The first-order chi connectivity index (χ1) is 5.91. The topological polar surface area (TPSA) is 49.1 Å². The Morgan fingerprint density at radius 1 is 1.15 bits per heavy atom. The second kappa shape index (κ2) is 3.47. The zero-order valence-electron chi connectivity index (χ0n) is 6.34. The molecule has 1 unspecified atom stereocenters. The molecule has 2 nitrogen and oxygen atoms in total. The average molecular weight is 209 g/mol. The van der Waals surface area contributed by atoms with Crippen LogP contribution in [0.25, 0.3) is 0 Å². The van der Waals surface area contributed by atoms with Gasteiger partial charge in [0.05, 0.1) is 11.2 Å². The number of nitrogens with two attached hydrogens (primary N) is 1. The molecule has 0 radical (unpaired) electrons.